The van der Waals surface area contributed by atoms with E-state index in [1.54, 1.807) is 6.33 Å². The van der Waals surface area contributed by atoms with E-state index in [0.717, 1.165) is 32.0 Å². The second-order valence-corrected chi connectivity index (χ2v) is 5.04. The highest BCUT2D eigenvalue weighted by Crippen LogP contribution is 2.23. The molecule has 5 heteroatoms. The number of rotatable bonds is 6. The van der Waals surface area contributed by atoms with Crippen LogP contribution in [0.5, 0.6) is 0 Å². The molecule has 5 nitrogen and oxygen atoms in total. The van der Waals surface area contributed by atoms with E-state index in [4.69, 9.17) is 5.73 Å². The van der Waals surface area contributed by atoms with Gasteiger partial charge in [0.25, 0.3) is 0 Å². The zero-order chi connectivity index (χ0) is 12.8. The van der Waals surface area contributed by atoms with Gasteiger partial charge in [-0.25, -0.2) is 9.67 Å². The third-order valence-corrected chi connectivity index (χ3v) is 3.85. The van der Waals surface area contributed by atoms with Gasteiger partial charge in [0.05, 0.1) is 6.54 Å². The summed E-state index contributed by atoms with van der Waals surface area (Å²) in [6.07, 6.45) is 8.36. The summed E-state index contributed by atoms with van der Waals surface area (Å²) in [6.45, 7) is 5.55. The molecular weight excluding hydrogens is 226 g/mol. The van der Waals surface area contributed by atoms with Gasteiger partial charge in [0.15, 0.2) is 0 Å². The summed E-state index contributed by atoms with van der Waals surface area (Å²) in [5.41, 5.74) is 5.75. The highest BCUT2D eigenvalue weighted by Gasteiger charge is 2.22. The van der Waals surface area contributed by atoms with Crippen molar-refractivity contribution in [3.63, 3.8) is 0 Å². The Bertz CT molecular complexity index is 343. The van der Waals surface area contributed by atoms with E-state index >= 15 is 0 Å². The summed E-state index contributed by atoms with van der Waals surface area (Å²) in [6, 6.07) is 0.685. The van der Waals surface area contributed by atoms with Crippen molar-refractivity contribution in [1.82, 2.24) is 19.7 Å². The van der Waals surface area contributed by atoms with Crippen LogP contribution in [0.25, 0.3) is 0 Å². The fourth-order valence-electron chi connectivity index (χ4n) is 2.86. The topological polar surface area (TPSA) is 60.0 Å². The average molecular weight is 251 g/mol. The first-order valence-corrected chi connectivity index (χ1v) is 7.16. The third-order valence-electron chi connectivity index (χ3n) is 3.85. The smallest absolute Gasteiger partial charge is 0.141 e. The molecule has 1 aromatic heterocycles. The van der Waals surface area contributed by atoms with Crippen LogP contribution in [0, 0.1) is 0 Å². The van der Waals surface area contributed by atoms with E-state index in [-0.39, 0.29) is 0 Å². The number of nitrogens with zero attached hydrogens (tertiary/aromatic N) is 4. The Morgan fingerprint density at radius 2 is 2.17 bits per heavy atom. The second-order valence-electron chi connectivity index (χ2n) is 5.04. The lowest BCUT2D eigenvalue weighted by atomic mass is 9.94. The molecule has 2 rings (SSSR count). The van der Waals surface area contributed by atoms with Crippen LogP contribution in [0.15, 0.2) is 6.33 Å². The fraction of sp³-hybridized carbons (Fsp3) is 0.846. The molecule has 2 N–H and O–H groups in total. The van der Waals surface area contributed by atoms with Crippen LogP contribution < -0.4 is 5.73 Å². The lowest BCUT2D eigenvalue weighted by Crippen LogP contribution is -2.40. The van der Waals surface area contributed by atoms with Crippen molar-refractivity contribution in [3.8, 4) is 0 Å². The van der Waals surface area contributed by atoms with Gasteiger partial charge in [-0.1, -0.05) is 19.3 Å². The molecule has 1 aliphatic carbocycles. The molecule has 0 unspecified atom stereocenters. The van der Waals surface area contributed by atoms with Crippen LogP contribution in [-0.4, -0.2) is 38.8 Å². The molecule has 0 aromatic carbocycles. The molecule has 0 aliphatic heterocycles. The summed E-state index contributed by atoms with van der Waals surface area (Å²) < 4.78 is 1.98. The van der Waals surface area contributed by atoms with Crippen LogP contribution in [0.1, 0.15) is 44.9 Å². The molecule has 0 saturated heterocycles. The van der Waals surface area contributed by atoms with E-state index in [9.17, 15) is 0 Å². The van der Waals surface area contributed by atoms with Crippen LogP contribution in [0.2, 0.25) is 0 Å². The maximum absolute atomic E-state index is 5.75. The number of aromatic nitrogens is 3. The van der Waals surface area contributed by atoms with Gasteiger partial charge in [-0.2, -0.15) is 5.10 Å². The van der Waals surface area contributed by atoms with Crippen molar-refractivity contribution < 1.29 is 0 Å². The van der Waals surface area contributed by atoms with E-state index in [1.807, 2.05) is 4.68 Å². The molecule has 1 aromatic rings. The first-order valence-electron chi connectivity index (χ1n) is 7.16. The van der Waals surface area contributed by atoms with Gasteiger partial charge in [-0.15, -0.1) is 0 Å². The number of nitrogens with two attached hydrogens (primary N) is 1. The zero-order valence-electron chi connectivity index (χ0n) is 11.4. The molecule has 0 radical (unpaired) electrons. The Hall–Kier alpha value is -0.940. The lowest BCUT2D eigenvalue weighted by Gasteiger charge is -2.33. The minimum Gasteiger partial charge on any atom is -0.329 e. The van der Waals surface area contributed by atoms with Crippen molar-refractivity contribution in [2.45, 2.75) is 58.2 Å². The Morgan fingerprint density at radius 3 is 2.83 bits per heavy atom. The molecule has 1 aliphatic rings. The molecule has 1 heterocycles. The lowest BCUT2D eigenvalue weighted by molar-refractivity contribution is 0.146. The van der Waals surface area contributed by atoms with Gasteiger partial charge in [0, 0.05) is 25.7 Å². The summed E-state index contributed by atoms with van der Waals surface area (Å²) >= 11 is 0. The molecule has 1 saturated carbocycles. The molecular formula is C13H25N5. The van der Waals surface area contributed by atoms with Crippen molar-refractivity contribution in [2.24, 2.45) is 5.73 Å². The van der Waals surface area contributed by atoms with Crippen LogP contribution in [0.4, 0.5) is 0 Å². The first kappa shape index (κ1) is 13.5. The molecule has 1 fully saturated rings. The zero-order valence-corrected chi connectivity index (χ0v) is 11.4. The van der Waals surface area contributed by atoms with E-state index in [0.29, 0.717) is 6.04 Å². The average Bonchev–Trinajstić information content (AvgIpc) is 2.86. The predicted molar refractivity (Wildman–Crippen MR) is 72.0 cm³/mol. The van der Waals surface area contributed by atoms with Crippen molar-refractivity contribution >= 4 is 0 Å². The minimum absolute atomic E-state index is 0.685. The third kappa shape index (κ3) is 3.29. The Balaban J connectivity index is 2.00. The molecule has 102 valence electrons. The summed E-state index contributed by atoms with van der Waals surface area (Å²) in [4.78, 5) is 6.87. The van der Waals surface area contributed by atoms with Crippen LogP contribution in [0.3, 0.4) is 0 Å². The van der Waals surface area contributed by atoms with Gasteiger partial charge in [0.2, 0.25) is 0 Å². The number of hydrogen-bond donors (Lipinski definition) is 1. The van der Waals surface area contributed by atoms with Gasteiger partial charge < -0.3 is 5.73 Å². The summed E-state index contributed by atoms with van der Waals surface area (Å²) in [5.74, 6) is 1.07. The van der Waals surface area contributed by atoms with Crippen LogP contribution in [-0.2, 0) is 13.1 Å². The molecule has 18 heavy (non-hydrogen) atoms. The Kier molecular flexibility index (Phi) is 5.13. The number of hydrogen-bond acceptors (Lipinski definition) is 4. The highest BCUT2D eigenvalue weighted by atomic mass is 15.3. The summed E-state index contributed by atoms with van der Waals surface area (Å²) in [7, 11) is 0. The molecule has 0 atom stereocenters. The van der Waals surface area contributed by atoms with E-state index in [2.05, 4.69) is 21.9 Å². The van der Waals surface area contributed by atoms with Gasteiger partial charge in [-0.3, -0.25) is 4.90 Å². The maximum atomic E-state index is 5.75. The van der Waals surface area contributed by atoms with Gasteiger partial charge >= 0.3 is 0 Å². The van der Waals surface area contributed by atoms with E-state index in [1.165, 1.54) is 32.1 Å². The van der Waals surface area contributed by atoms with Crippen molar-refractivity contribution in [1.29, 1.82) is 0 Å². The van der Waals surface area contributed by atoms with E-state index < -0.39 is 0 Å². The second kappa shape index (κ2) is 6.85. The molecule has 0 amide bonds. The maximum Gasteiger partial charge on any atom is 0.141 e. The quantitative estimate of drug-likeness (QED) is 0.830. The van der Waals surface area contributed by atoms with Gasteiger partial charge in [0.1, 0.15) is 12.2 Å². The largest absolute Gasteiger partial charge is 0.329 e. The molecule has 0 spiro atoms. The fourth-order valence-corrected chi connectivity index (χ4v) is 2.86. The SMILES string of the molecule is CCn1ncnc1CN(CCN)C1CCCCC1. The van der Waals surface area contributed by atoms with Crippen LogP contribution >= 0.6 is 0 Å². The Labute approximate surface area is 109 Å². The van der Waals surface area contributed by atoms with Crippen molar-refractivity contribution in [3.05, 3.63) is 12.2 Å². The monoisotopic (exact) mass is 251 g/mol. The van der Waals surface area contributed by atoms with Crippen molar-refractivity contribution in [2.75, 3.05) is 13.1 Å². The summed E-state index contributed by atoms with van der Waals surface area (Å²) in [5, 5.41) is 4.24. The standard InChI is InChI=1S/C13H25N5/c1-2-18-13(15-11-16-18)10-17(9-8-14)12-6-4-3-5-7-12/h11-12H,2-10,14H2,1H3. The van der Waals surface area contributed by atoms with Gasteiger partial charge in [-0.05, 0) is 19.8 Å². The normalized spacial score (nSPS) is 17.5. The first-order chi connectivity index (χ1) is 8.85. The predicted octanol–water partition coefficient (Wildman–Crippen LogP) is 1.39. The number of aryl methyl sites for hydroxylation is 1. The minimum atomic E-state index is 0.685. The Morgan fingerprint density at radius 1 is 1.39 bits per heavy atom. The molecule has 0 bridgehead atoms. The highest BCUT2D eigenvalue weighted by molar-refractivity contribution is 4.87.